The van der Waals surface area contributed by atoms with Crippen LogP contribution >= 0.6 is 23.1 Å². The molecule has 1 aliphatic heterocycles. The van der Waals surface area contributed by atoms with Crippen molar-refractivity contribution >= 4 is 39.1 Å². The average Bonchev–Trinajstić information content (AvgIpc) is 3.48. The summed E-state index contributed by atoms with van der Waals surface area (Å²) in [6.45, 7) is 7.33. The molecule has 0 amide bonds. The number of ketones is 1. The zero-order chi connectivity index (χ0) is 22.4. The molecule has 168 valence electrons. The van der Waals surface area contributed by atoms with E-state index in [0.717, 1.165) is 65.6 Å². The molecule has 1 aromatic carbocycles. The van der Waals surface area contributed by atoms with Crippen molar-refractivity contribution < 1.29 is 9.53 Å². The first-order valence-electron chi connectivity index (χ1n) is 11.3. The number of thiophene rings is 1. The van der Waals surface area contributed by atoms with Crippen molar-refractivity contribution in [2.24, 2.45) is 0 Å². The van der Waals surface area contributed by atoms with Gasteiger partial charge in [-0.25, -0.2) is 4.98 Å². The Labute approximate surface area is 196 Å². The molecule has 2 aliphatic rings. The van der Waals surface area contributed by atoms with Gasteiger partial charge in [0, 0.05) is 17.0 Å². The Morgan fingerprint density at radius 1 is 1.19 bits per heavy atom. The summed E-state index contributed by atoms with van der Waals surface area (Å²) in [6, 6.07) is 4.05. The number of carbonyl (C=O) groups excluding carboxylic acids is 1. The highest BCUT2D eigenvalue weighted by atomic mass is 32.2. The molecule has 3 heterocycles. The van der Waals surface area contributed by atoms with Crippen molar-refractivity contribution in [2.75, 3.05) is 12.4 Å². The first kappa shape index (κ1) is 21.9. The lowest BCUT2D eigenvalue weighted by Gasteiger charge is -2.16. The monoisotopic (exact) mass is 468 g/mol. The number of Topliss-reactive ketones (excluding diaryl/α,β-unsaturated/α-hetero) is 1. The minimum Gasteiger partial charge on any atom is -0.376 e. The maximum absolute atomic E-state index is 13.6. The summed E-state index contributed by atoms with van der Waals surface area (Å²) < 4.78 is 7.60. The van der Waals surface area contributed by atoms with Gasteiger partial charge in [-0.05, 0) is 81.2 Å². The predicted octanol–water partition coefficient (Wildman–Crippen LogP) is 5.03. The zero-order valence-corrected chi connectivity index (χ0v) is 20.5. The van der Waals surface area contributed by atoms with Gasteiger partial charge in [0.15, 0.2) is 10.9 Å². The molecule has 0 spiro atoms. The summed E-state index contributed by atoms with van der Waals surface area (Å²) in [4.78, 5) is 33.7. The highest BCUT2D eigenvalue weighted by Gasteiger charge is 2.26. The van der Waals surface area contributed by atoms with Crippen LogP contribution in [0, 0.1) is 20.8 Å². The Kier molecular flexibility index (Phi) is 5.99. The van der Waals surface area contributed by atoms with Crippen LogP contribution in [0.4, 0.5) is 0 Å². The first-order chi connectivity index (χ1) is 15.4. The molecule has 0 radical (unpaired) electrons. The van der Waals surface area contributed by atoms with E-state index in [1.165, 1.54) is 27.8 Å². The molecule has 0 bridgehead atoms. The standard InChI is InChI=1S/C25H28N2O3S2/c1-14-10-16(3)19(11-15(14)2)20(28)13-31-25-26-23-22(18-7-4-8-21(18)32-23)24(29)27(25)12-17-6-5-9-30-17/h10-11,17H,4-9,12-13H2,1-3H3/t17-/m0/s1. The minimum atomic E-state index is 0.0298. The predicted molar refractivity (Wildman–Crippen MR) is 131 cm³/mol. The number of aryl methyl sites for hydroxylation is 5. The van der Waals surface area contributed by atoms with Crippen molar-refractivity contribution in [3.8, 4) is 0 Å². The topological polar surface area (TPSA) is 61.2 Å². The second kappa shape index (κ2) is 8.76. The minimum absolute atomic E-state index is 0.0298. The van der Waals surface area contributed by atoms with Crippen LogP contribution in [0.1, 0.15) is 56.8 Å². The van der Waals surface area contributed by atoms with E-state index in [2.05, 4.69) is 13.0 Å². The van der Waals surface area contributed by atoms with Crippen LogP contribution < -0.4 is 5.56 Å². The maximum atomic E-state index is 13.6. The smallest absolute Gasteiger partial charge is 0.263 e. The van der Waals surface area contributed by atoms with Gasteiger partial charge in [0.2, 0.25) is 0 Å². The molecule has 32 heavy (non-hydrogen) atoms. The number of nitrogens with zero attached hydrogens (tertiary/aromatic N) is 2. The molecule has 5 nitrogen and oxygen atoms in total. The van der Waals surface area contributed by atoms with E-state index in [-0.39, 0.29) is 23.2 Å². The van der Waals surface area contributed by atoms with Gasteiger partial charge in [0.25, 0.3) is 5.56 Å². The maximum Gasteiger partial charge on any atom is 0.263 e. The van der Waals surface area contributed by atoms with E-state index in [4.69, 9.17) is 9.72 Å². The van der Waals surface area contributed by atoms with Crippen LogP contribution in [-0.4, -0.2) is 33.8 Å². The van der Waals surface area contributed by atoms with E-state index < -0.39 is 0 Å². The summed E-state index contributed by atoms with van der Waals surface area (Å²) >= 11 is 3.02. The van der Waals surface area contributed by atoms with Gasteiger partial charge in [0.05, 0.1) is 23.8 Å². The normalized spacial score (nSPS) is 17.9. The second-order valence-electron chi connectivity index (χ2n) is 8.95. The van der Waals surface area contributed by atoms with Crippen LogP contribution in [0.25, 0.3) is 10.2 Å². The molecular weight excluding hydrogens is 440 g/mol. The molecule has 1 aliphatic carbocycles. The quantitative estimate of drug-likeness (QED) is 0.289. The molecule has 1 atom stereocenters. The number of benzene rings is 1. The van der Waals surface area contributed by atoms with Crippen molar-refractivity contribution in [3.63, 3.8) is 0 Å². The van der Waals surface area contributed by atoms with E-state index >= 15 is 0 Å². The Balaban J connectivity index is 1.49. The first-order valence-corrected chi connectivity index (χ1v) is 13.1. The fraction of sp³-hybridized carbons (Fsp3) is 0.480. The molecule has 7 heteroatoms. The van der Waals surface area contributed by atoms with Gasteiger partial charge >= 0.3 is 0 Å². The fourth-order valence-electron chi connectivity index (χ4n) is 4.79. The van der Waals surface area contributed by atoms with E-state index in [0.29, 0.717) is 11.7 Å². The lowest BCUT2D eigenvalue weighted by Crippen LogP contribution is -2.29. The molecule has 2 aromatic heterocycles. The van der Waals surface area contributed by atoms with E-state index in [1.54, 1.807) is 15.9 Å². The molecule has 1 saturated heterocycles. The Bertz CT molecular complexity index is 1270. The Morgan fingerprint density at radius 3 is 2.78 bits per heavy atom. The van der Waals surface area contributed by atoms with Gasteiger partial charge in [0.1, 0.15) is 4.83 Å². The van der Waals surface area contributed by atoms with Gasteiger partial charge < -0.3 is 4.74 Å². The summed E-state index contributed by atoms with van der Waals surface area (Å²) in [6.07, 6.45) is 5.13. The van der Waals surface area contributed by atoms with Crippen molar-refractivity contribution in [1.29, 1.82) is 0 Å². The molecule has 0 N–H and O–H groups in total. The summed E-state index contributed by atoms with van der Waals surface area (Å²) in [7, 11) is 0. The molecule has 5 rings (SSSR count). The van der Waals surface area contributed by atoms with Gasteiger partial charge in [-0.1, -0.05) is 17.8 Å². The van der Waals surface area contributed by atoms with Crippen molar-refractivity contribution in [2.45, 2.75) is 70.7 Å². The molecule has 1 fully saturated rings. The summed E-state index contributed by atoms with van der Waals surface area (Å²) in [5, 5.41) is 1.42. The number of carbonyl (C=O) groups is 1. The molecule has 0 unspecified atom stereocenters. The van der Waals surface area contributed by atoms with E-state index in [1.807, 2.05) is 19.9 Å². The zero-order valence-electron chi connectivity index (χ0n) is 18.8. The Hall–Kier alpha value is -1.96. The third-order valence-electron chi connectivity index (χ3n) is 6.67. The molecular formula is C25H28N2O3S2. The summed E-state index contributed by atoms with van der Waals surface area (Å²) in [5.74, 6) is 0.333. The number of hydrogen-bond acceptors (Lipinski definition) is 6. The lowest BCUT2D eigenvalue weighted by molar-refractivity contribution is 0.0937. The molecule has 3 aromatic rings. The van der Waals surface area contributed by atoms with E-state index in [9.17, 15) is 9.59 Å². The van der Waals surface area contributed by atoms with Gasteiger partial charge in [-0.3, -0.25) is 14.2 Å². The van der Waals surface area contributed by atoms with Crippen LogP contribution in [0.2, 0.25) is 0 Å². The Morgan fingerprint density at radius 2 is 2.00 bits per heavy atom. The van der Waals surface area contributed by atoms with Crippen LogP contribution in [0.15, 0.2) is 22.1 Å². The lowest BCUT2D eigenvalue weighted by atomic mass is 9.99. The SMILES string of the molecule is Cc1cc(C)c(C(=O)CSc2nc3sc4c(c3c(=O)n2C[C@@H]2CCCO2)CCC4)cc1C. The highest BCUT2D eigenvalue weighted by Crippen LogP contribution is 2.36. The number of ether oxygens (including phenoxy) is 1. The van der Waals surface area contributed by atoms with Crippen LogP contribution in [0.5, 0.6) is 0 Å². The van der Waals surface area contributed by atoms with Crippen LogP contribution in [0.3, 0.4) is 0 Å². The number of thioether (sulfide) groups is 1. The molecule has 0 saturated carbocycles. The average molecular weight is 469 g/mol. The second-order valence-corrected chi connectivity index (χ2v) is 11.0. The number of aromatic nitrogens is 2. The van der Waals surface area contributed by atoms with Gasteiger partial charge in [-0.15, -0.1) is 11.3 Å². The fourth-order valence-corrected chi connectivity index (χ4v) is 6.98. The highest BCUT2D eigenvalue weighted by molar-refractivity contribution is 7.99. The van der Waals surface area contributed by atoms with Crippen molar-refractivity contribution in [1.82, 2.24) is 9.55 Å². The summed E-state index contributed by atoms with van der Waals surface area (Å²) in [5.41, 5.74) is 5.28. The third-order valence-corrected chi connectivity index (χ3v) is 8.84. The number of rotatable bonds is 6. The van der Waals surface area contributed by atoms with Gasteiger partial charge in [-0.2, -0.15) is 0 Å². The largest absolute Gasteiger partial charge is 0.376 e. The number of hydrogen-bond donors (Lipinski definition) is 0. The van der Waals surface area contributed by atoms with Crippen LogP contribution in [-0.2, 0) is 24.1 Å². The van der Waals surface area contributed by atoms with Crippen molar-refractivity contribution in [3.05, 3.63) is 55.2 Å². The number of fused-ring (bicyclic) bond motifs is 3. The third kappa shape index (κ3) is 3.95.